The van der Waals surface area contributed by atoms with Gasteiger partial charge in [0.25, 0.3) is 11.8 Å². The second-order valence-corrected chi connectivity index (χ2v) is 7.48. The highest BCUT2D eigenvalue weighted by Gasteiger charge is 2.40. The molecule has 150 valence electrons. The summed E-state index contributed by atoms with van der Waals surface area (Å²) in [5.41, 5.74) is 1.67. The fourth-order valence-electron chi connectivity index (χ4n) is 3.13. The van der Waals surface area contributed by atoms with E-state index >= 15 is 0 Å². The zero-order chi connectivity index (χ0) is 21.3. The Morgan fingerprint density at radius 1 is 0.967 bits per heavy atom. The van der Waals surface area contributed by atoms with Crippen LogP contribution in [0.5, 0.6) is 0 Å². The molecular weight excluding hydrogens is 405 g/mol. The van der Waals surface area contributed by atoms with E-state index in [-0.39, 0.29) is 22.9 Å². The molecule has 0 unspecified atom stereocenters. The van der Waals surface area contributed by atoms with Gasteiger partial charge in [0.15, 0.2) is 0 Å². The summed E-state index contributed by atoms with van der Waals surface area (Å²) in [7, 11) is 0. The average Bonchev–Trinajstić information content (AvgIpc) is 3.30. The number of nitrogens with zero attached hydrogens (tertiary/aromatic N) is 1. The van der Waals surface area contributed by atoms with Crippen molar-refractivity contribution < 1.29 is 18.8 Å². The second-order valence-electron chi connectivity index (χ2n) is 6.54. The topological polar surface area (TPSA) is 78.5 Å². The molecule has 8 heteroatoms. The Bertz CT molecular complexity index is 1170. The van der Waals surface area contributed by atoms with E-state index in [2.05, 4.69) is 10.6 Å². The van der Waals surface area contributed by atoms with E-state index in [0.29, 0.717) is 16.3 Å². The first-order valence-electron chi connectivity index (χ1n) is 9.01. The maximum Gasteiger partial charge on any atom is 0.282 e. The third kappa shape index (κ3) is 3.72. The van der Waals surface area contributed by atoms with Crippen LogP contribution in [0.15, 0.2) is 71.7 Å². The first-order valence-corrected chi connectivity index (χ1v) is 9.89. The Hall–Kier alpha value is -3.78. The van der Waals surface area contributed by atoms with Crippen LogP contribution < -0.4 is 15.5 Å². The van der Waals surface area contributed by atoms with Gasteiger partial charge in [-0.1, -0.05) is 12.1 Å². The van der Waals surface area contributed by atoms with Crippen molar-refractivity contribution in [2.45, 2.75) is 6.92 Å². The highest BCUT2D eigenvalue weighted by atomic mass is 32.1. The fraction of sp³-hybridized carbons (Fsp3) is 0.0455. The van der Waals surface area contributed by atoms with E-state index in [1.165, 1.54) is 36.5 Å². The predicted octanol–water partition coefficient (Wildman–Crippen LogP) is 4.24. The van der Waals surface area contributed by atoms with Crippen LogP contribution in [-0.4, -0.2) is 17.7 Å². The lowest BCUT2D eigenvalue weighted by atomic mass is 10.2. The summed E-state index contributed by atoms with van der Waals surface area (Å²) >= 11 is 1.33. The molecule has 6 nitrogen and oxygen atoms in total. The van der Waals surface area contributed by atoms with E-state index in [1.54, 1.807) is 36.4 Å². The molecule has 0 bridgehead atoms. The second kappa shape index (κ2) is 7.92. The molecule has 0 saturated carbocycles. The summed E-state index contributed by atoms with van der Waals surface area (Å²) < 4.78 is 13.7. The van der Waals surface area contributed by atoms with Crippen molar-refractivity contribution in [1.29, 1.82) is 0 Å². The average molecular weight is 421 g/mol. The zero-order valence-corrected chi connectivity index (χ0v) is 16.6. The minimum atomic E-state index is -0.570. The Labute approximate surface area is 175 Å². The molecule has 0 fully saturated rings. The van der Waals surface area contributed by atoms with Crippen LogP contribution in [0.2, 0.25) is 0 Å². The lowest BCUT2D eigenvalue weighted by molar-refractivity contribution is -0.120. The van der Waals surface area contributed by atoms with Crippen LogP contribution in [0.25, 0.3) is 5.57 Å². The van der Waals surface area contributed by atoms with Gasteiger partial charge in [0.1, 0.15) is 11.5 Å². The third-order valence-corrected chi connectivity index (χ3v) is 5.28. The summed E-state index contributed by atoms with van der Waals surface area (Å²) in [6.07, 6.45) is 0. The van der Waals surface area contributed by atoms with Gasteiger partial charge < -0.3 is 10.6 Å². The molecule has 2 aromatic carbocycles. The lowest BCUT2D eigenvalue weighted by Crippen LogP contribution is -2.32. The number of thiophene rings is 1. The molecule has 1 aliphatic rings. The van der Waals surface area contributed by atoms with Gasteiger partial charge in [-0.2, -0.15) is 0 Å². The molecule has 0 spiro atoms. The molecule has 1 aromatic heterocycles. The van der Waals surface area contributed by atoms with Crippen LogP contribution in [0.1, 0.15) is 11.8 Å². The molecular formula is C22H16FN3O3S. The van der Waals surface area contributed by atoms with Gasteiger partial charge in [-0.25, -0.2) is 9.29 Å². The Balaban J connectivity index is 1.71. The number of hydrogen-bond acceptors (Lipinski definition) is 5. The molecule has 0 atom stereocenters. The van der Waals surface area contributed by atoms with Crippen molar-refractivity contribution in [3.05, 3.63) is 82.4 Å². The van der Waals surface area contributed by atoms with Crippen LogP contribution in [-0.2, 0) is 14.4 Å². The quantitative estimate of drug-likeness (QED) is 0.604. The van der Waals surface area contributed by atoms with Gasteiger partial charge in [-0.3, -0.25) is 14.4 Å². The number of nitrogens with one attached hydrogen (secondary N) is 2. The number of carbonyl (C=O) groups is 3. The number of carbonyl (C=O) groups excluding carboxylic acids is 3. The van der Waals surface area contributed by atoms with E-state index in [0.717, 1.165) is 11.0 Å². The van der Waals surface area contributed by atoms with Crippen molar-refractivity contribution in [1.82, 2.24) is 0 Å². The maximum atomic E-state index is 13.7. The van der Waals surface area contributed by atoms with Gasteiger partial charge >= 0.3 is 0 Å². The van der Waals surface area contributed by atoms with E-state index < -0.39 is 17.6 Å². The molecule has 0 aliphatic carbocycles. The molecule has 4 rings (SSSR count). The van der Waals surface area contributed by atoms with Crippen LogP contribution in [0, 0.1) is 5.82 Å². The van der Waals surface area contributed by atoms with Crippen LogP contribution in [0.3, 0.4) is 0 Å². The summed E-state index contributed by atoms with van der Waals surface area (Å²) in [4.78, 5) is 39.1. The molecule has 30 heavy (non-hydrogen) atoms. The predicted molar refractivity (Wildman–Crippen MR) is 115 cm³/mol. The minimum absolute atomic E-state index is 0.110. The molecule has 1 aliphatic heterocycles. The van der Waals surface area contributed by atoms with E-state index in [4.69, 9.17) is 0 Å². The summed E-state index contributed by atoms with van der Waals surface area (Å²) in [6.45, 7) is 1.41. The molecule has 0 radical (unpaired) electrons. The van der Waals surface area contributed by atoms with Crippen LogP contribution >= 0.6 is 11.3 Å². The molecule has 3 aromatic rings. The summed E-state index contributed by atoms with van der Waals surface area (Å²) in [5.74, 6) is -1.83. The number of halogens is 1. The smallest absolute Gasteiger partial charge is 0.282 e. The Kier molecular flexibility index (Phi) is 5.16. The third-order valence-electron chi connectivity index (χ3n) is 4.39. The first kappa shape index (κ1) is 19.5. The van der Waals surface area contributed by atoms with E-state index in [1.807, 2.05) is 5.38 Å². The summed E-state index contributed by atoms with van der Waals surface area (Å²) in [6, 6.07) is 15.6. The van der Waals surface area contributed by atoms with Gasteiger partial charge in [-0.15, -0.1) is 11.3 Å². The Morgan fingerprint density at radius 2 is 1.70 bits per heavy atom. The minimum Gasteiger partial charge on any atom is -0.350 e. The molecule has 2 heterocycles. The lowest BCUT2D eigenvalue weighted by Gasteiger charge is -2.15. The van der Waals surface area contributed by atoms with Crippen molar-refractivity contribution in [2.75, 3.05) is 15.5 Å². The van der Waals surface area contributed by atoms with Crippen LogP contribution in [0.4, 0.5) is 21.5 Å². The maximum absolute atomic E-state index is 13.7. The van der Waals surface area contributed by atoms with Gasteiger partial charge in [0, 0.05) is 23.2 Å². The van der Waals surface area contributed by atoms with Crippen molar-refractivity contribution in [3.8, 4) is 0 Å². The molecule has 3 amide bonds. The van der Waals surface area contributed by atoms with Crippen molar-refractivity contribution in [2.24, 2.45) is 0 Å². The Morgan fingerprint density at radius 3 is 2.33 bits per heavy atom. The number of imide groups is 1. The number of amides is 3. The van der Waals surface area contributed by atoms with Crippen molar-refractivity contribution >= 4 is 51.7 Å². The number of anilines is 3. The highest BCUT2D eigenvalue weighted by molar-refractivity contribution is 7.11. The zero-order valence-electron chi connectivity index (χ0n) is 15.8. The fourth-order valence-corrected chi connectivity index (χ4v) is 3.90. The van der Waals surface area contributed by atoms with Gasteiger partial charge in [0.2, 0.25) is 5.91 Å². The molecule has 2 N–H and O–H groups in total. The van der Waals surface area contributed by atoms with Gasteiger partial charge in [-0.05, 0) is 53.9 Å². The summed E-state index contributed by atoms with van der Waals surface area (Å²) in [5, 5.41) is 7.50. The normalized spacial score (nSPS) is 13.7. The van der Waals surface area contributed by atoms with Crippen molar-refractivity contribution in [3.63, 3.8) is 0 Å². The van der Waals surface area contributed by atoms with E-state index in [9.17, 15) is 18.8 Å². The van der Waals surface area contributed by atoms with Gasteiger partial charge in [0.05, 0.1) is 11.3 Å². The standard InChI is InChI=1S/C22H16FN3O3S/c1-13(27)24-15-7-9-16(10-8-15)25-20-19(18-6-3-11-30-18)21(28)26(22(20)29)17-5-2-4-14(23)12-17/h2-12,25H,1H3,(H,24,27). The first-order chi connectivity index (χ1) is 14.4. The highest BCUT2D eigenvalue weighted by Crippen LogP contribution is 2.35. The SMILES string of the molecule is CC(=O)Nc1ccc(NC2=C(c3cccs3)C(=O)N(c3cccc(F)c3)C2=O)cc1. The number of hydrogen-bond donors (Lipinski definition) is 2. The molecule has 0 saturated heterocycles. The number of benzene rings is 2. The number of rotatable bonds is 5. The monoisotopic (exact) mass is 421 g/mol. The largest absolute Gasteiger partial charge is 0.350 e.